The Kier molecular flexibility index (Phi) is 4.53. The summed E-state index contributed by atoms with van der Waals surface area (Å²) in [5, 5.41) is 2.57. The maximum atomic E-state index is 11.2. The van der Waals surface area contributed by atoms with Crippen molar-refractivity contribution in [1.29, 1.82) is 0 Å². The van der Waals surface area contributed by atoms with Crippen molar-refractivity contribution < 1.29 is 9.53 Å². The van der Waals surface area contributed by atoms with Crippen LogP contribution >= 0.6 is 0 Å². The number of amides is 1. The molecule has 6 nitrogen and oxygen atoms in total. The summed E-state index contributed by atoms with van der Waals surface area (Å²) in [4.78, 5) is 18.6. The van der Waals surface area contributed by atoms with Gasteiger partial charge in [0.15, 0.2) is 0 Å². The lowest BCUT2D eigenvalue weighted by Crippen LogP contribution is -2.20. The third-order valence-corrected chi connectivity index (χ3v) is 1.34. The number of hydrogen-bond donors (Lipinski definition) is 2. The number of carbonyl (C=O) groups is 1. The second kappa shape index (κ2) is 6.01. The van der Waals surface area contributed by atoms with E-state index in [4.69, 9.17) is 10.5 Å². The largest absolute Gasteiger partial charge is 0.370 e. The number of nitrogens with two attached hydrogens (primary N) is 1. The molecule has 14 heavy (non-hydrogen) atoms. The van der Waals surface area contributed by atoms with E-state index in [0.29, 0.717) is 18.8 Å². The standard InChI is InChI=1S/C8H12N4O2/c9-1-2-14-5-8(13)12-7-3-10-6-11-4-7/h3-4,6H,1-2,5,9H2,(H,12,13). The monoisotopic (exact) mass is 196 g/mol. The van der Waals surface area contributed by atoms with Gasteiger partial charge in [0, 0.05) is 6.54 Å². The van der Waals surface area contributed by atoms with Crippen LogP contribution in [-0.4, -0.2) is 35.6 Å². The molecule has 1 rings (SSSR count). The molecular formula is C8H12N4O2. The maximum absolute atomic E-state index is 11.2. The zero-order valence-corrected chi connectivity index (χ0v) is 7.64. The van der Waals surface area contributed by atoms with Crippen molar-refractivity contribution in [1.82, 2.24) is 9.97 Å². The van der Waals surface area contributed by atoms with Crippen LogP contribution in [0.25, 0.3) is 0 Å². The normalized spacial score (nSPS) is 9.79. The van der Waals surface area contributed by atoms with Gasteiger partial charge in [-0.2, -0.15) is 0 Å². The Hall–Kier alpha value is -1.53. The van der Waals surface area contributed by atoms with Crippen molar-refractivity contribution in [3.05, 3.63) is 18.7 Å². The molecule has 0 aliphatic rings. The highest BCUT2D eigenvalue weighted by Crippen LogP contribution is 1.99. The second-order valence-electron chi connectivity index (χ2n) is 2.52. The van der Waals surface area contributed by atoms with Crippen LogP contribution in [0.15, 0.2) is 18.7 Å². The molecule has 0 unspecified atom stereocenters. The Morgan fingerprint density at radius 1 is 1.50 bits per heavy atom. The maximum Gasteiger partial charge on any atom is 0.250 e. The molecule has 1 aromatic heterocycles. The summed E-state index contributed by atoms with van der Waals surface area (Å²) in [5.41, 5.74) is 5.74. The van der Waals surface area contributed by atoms with E-state index in [0.717, 1.165) is 0 Å². The molecule has 3 N–H and O–H groups in total. The fourth-order valence-electron chi connectivity index (χ4n) is 0.809. The van der Waals surface area contributed by atoms with Crippen LogP contribution in [0.4, 0.5) is 5.69 Å². The van der Waals surface area contributed by atoms with Crippen molar-refractivity contribution in [2.75, 3.05) is 25.1 Å². The predicted molar refractivity (Wildman–Crippen MR) is 50.5 cm³/mol. The van der Waals surface area contributed by atoms with E-state index in [9.17, 15) is 4.79 Å². The number of carbonyl (C=O) groups excluding carboxylic acids is 1. The van der Waals surface area contributed by atoms with Gasteiger partial charge in [-0.25, -0.2) is 9.97 Å². The Morgan fingerprint density at radius 3 is 2.86 bits per heavy atom. The lowest BCUT2D eigenvalue weighted by atomic mass is 10.5. The number of nitrogens with zero attached hydrogens (tertiary/aromatic N) is 2. The van der Waals surface area contributed by atoms with Gasteiger partial charge in [-0.3, -0.25) is 4.79 Å². The van der Waals surface area contributed by atoms with Gasteiger partial charge >= 0.3 is 0 Å². The van der Waals surface area contributed by atoms with Crippen LogP contribution in [0.3, 0.4) is 0 Å². The van der Waals surface area contributed by atoms with Crippen LogP contribution in [0, 0.1) is 0 Å². The zero-order valence-electron chi connectivity index (χ0n) is 7.64. The first-order valence-electron chi connectivity index (χ1n) is 4.15. The van der Waals surface area contributed by atoms with Gasteiger partial charge in [0.05, 0.1) is 24.7 Å². The Morgan fingerprint density at radius 2 is 2.21 bits per heavy atom. The lowest BCUT2D eigenvalue weighted by molar-refractivity contribution is -0.120. The first-order valence-corrected chi connectivity index (χ1v) is 4.15. The first kappa shape index (κ1) is 10.6. The summed E-state index contributed by atoms with van der Waals surface area (Å²) >= 11 is 0. The molecule has 0 spiro atoms. The fourth-order valence-corrected chi connectivity index (χ4v) is 0.809. The Labute approximate surface area is 81.5 Å². The van der Waals surface area contributed by atoms with E-state index in [1.54, 1.807) is 0 Å². The highest BCUT2D eigenvalue weighted by Gasteiger charge is 2.01. The molecule has 1 heterocycles. The topological polar surface area (TPSA) is 90.1 Å². The number of hydrogen-bond acceptors (Lipinski definition) is 5. The molecular weight excluding hydrogens is 184 g/mol. The van der Waals surface area contributed by atoms with Crippen LogP contribution in [0.5, 0.6) is 0 Å². The molecule has 1 amide bonds. The highest BCUT2D eigenvalue weighted by atomic mass is 16.5. The summed E-state index contributed by atoms with van der Waals surface area (Å²) in [6.45, 7) is 0.770. The van der Waals surface area contributed by atoms with E-state index >= 15 is 0 Å². The predicted octanol–water partition coefficient (Wildman–Crippen LogP) is -0.610. The summed E-state index contributed by atoms with van der Waals surface area (Å²) in [6, 6.07) is 0. The van der Waals surface area contributed by atoms with Crippen molar-refractivity contribution in [2.45, 2.75) is 0 Å². The summed E-state index contributed by atoms with van der Waals surface area (Å²) in [5.74, 6) is -0.242. The van der Waals surface area contributed by atoms with Crippen LogP contribution < -0.4 is 11.1 Å². The average Bonchev–Trinajstić information content (AvgIpc) is 2.20. The average molecular weight is 196 g/mol. The quantitative estimate of drug-likeness (QED) is 0.613. The van der Waals surface area contributed by atoms with Gasteiger partial charge in [-0.15, -0.1) is 0 Å². The molecule has 0 aliphatic carbocycles. The van der Waals surface area contributed by atoms with Crippen molar-refractivity contribution in [3.8, 4) is 0 Å². The third-order valence-electron chi connectivity index (χ3n) is 1.34. The van der Waals surface area contributed by atoms with Gasteiger partial charge in [0.2, 0.25) is 5.91 Å². The molecule has 1 aromatic rings. The van der Waals surface area contributed by atoms with Crippen molar-refractivity contribution >= 4 is 11.6 Å². The smallest absolute Gasteiger partial charge is 0.250 e. The van der Waals surface area contributed by atoms with Crippen LogP contribution in [0.2, 0.25) is 0 Å². The van der Waals surface area contributed by atoms with E-state index in [2.05, 4.69) is 15.3 Å². The van der Waals surface area contributed by atoms with E-state index in [1.165, 1.54) is 18.7 Å². The minimum Gasteiger partial charge on any atom is -0.370 e. The van der Waals surface area contributed by atoms with Gasteiger partial charge in [-0.05, 0) is 0 Å². The number of aromatic nitrogens is 2. The molecule has 0 bridgehead atoms. The van der Waals surface area contributed by atoms with Crippen LogP contribution in [-0.2, 0) is 9.53 Å². The highest BCUT2D eigenvalue weighted by molar-refractivity contribution is 5.91. The van der Waals surface area contributed by atoms with E-state index in [-0.39, 0.29) is 12.5 Å². The Balaban J connectivity index is 2.27. The lowest BCUT2D eigenvalue weighted by Gasteiger charge is -2.03. The van der Waals surface area contributed by atoms with E-state index in [1.807, 2.05) is 0 Å². The number of rotatable bonds is 5. The zero-order chi connectivity index (χ0) is 10.2. The third kappa shape index (κ3) is 3.92. The molecule has 0 atom stereocenters. The van der Waals surface area contributed by atoms with Gasteiger partial charge in [-0.1, -0.05) is 0 Å². The number of ether oxygens (including phenoxy) is 1. The molecule has 0 saturated heterocycles. The minimum atomic E-state index is -0.242. The van der Waals surface area contributed by atoms with Crippen LogP contribution in [0.1, 0.15) is 0 Å². The first-order chi connectivity index (χ1) is 6.83. The molecule has 0 aromatic carbocycles. The number of nitrogens with one attached hydrogen (secondary N) is 1. The fraction of sp³-hybridized carbons (Fsp3) is 0.375. The van der Waals surface area contributed by atoms with E-state index < -0.39 is 0 Å². The second-order valence-corrected chi connectivity index (χ2v) is 2.52. The minimum absolute atomic E-state index is 0.00784. The number of anilines is 1. The van der Waals surface area contributed by atoms with Gasteiger partial charge < -0.3 is 15.8 Å². The van der Waals surface area contributed by atoms with Gasteiger partial charge in [0.25, 0.3) is 0 Å². The molecule has 0 saturated carbocycles. The molecule has 6 heteroatoms. The SMILES string of the molecule is NCCOCC(=O)Nc1cncnc1. The summed E-state index contributed by atoms with van der Waals surface area (Å²) in [6.07, 6.45) is 4.41. The molecule has 76 valence electrons. The molecule has 0 radical (unpaired) electrons. The molecule has 0 fully saturated rings. The summed E-state index contributed by atoms with van der Waals surface area (Å²) < 4.78 is 4.94. The van der Waals surface area contributed by atoms with Crippen molar-refractivity contribution in [3.63, 3.8) is 0 Å². The molecule has 0 aliphatic heterocycles. The van der Waals surface area contributed by atoms with Gasteiger partial charge in [0.1, 0.15) is 12.9 Å². The van der Waals surface area contributed by atoms with Crippen molar-refractivity contribution in [2.24, 2.45) is 5.73 Å². The Bertz CT molecular complexity index is 278. The summed E-state index contributed by atoms with van der Waals surface area (Å²) in [7, 11) is 0.